The third kappa shape index (κ3) is 3.13. The Morgan fingerprint density at radius 3 is 2.46 bits per heavy atom. The number of non-ortho nitro benzene ring substituents is 1. The second kappa shape index (κ2) is 6.83. The van der Waals surface area contributed by atoms with Crippen LogP contribution in [0.25, 0.3) is 11.8 Å². The summed E-state index contributed by atoms with van der Waals surface area (Å²) in [4.78, 5) is 25.6. The lowest BCUT2D eigenvalue weighted by molar-refractivity contribution is -0.384. The first-order chi connectivity index (χ1) is 12.5. The molecule has 1 atom stereocenters. The third-order valence-corrected chi connectivity index (χ3v) is 6.60. The van der Waals surface area contributed by atoms with Crippen LogP contribution in [0.15, 0.2) is 58.8 Å². The van der Waals surface area contributed by atoms with E-state index in [1.807, 2.05) is 23.6 Å². The standard InChI is InChI=1S/C18H11ClN2O3S2/c19-13-5-1-11(2-6-13)9-16-17(22)20-15(10-25-18(20)26-16)12-3-7-14(8-4-12)21(23)24/h1-10,18H/b16-9+/t18-/m0/s1. The summed E-state index contributed by atoms with van der Waals surface area (Å²) in [6, 6.07) is 13.6. The van der Waals surface area contributed by atoms with Gasteiger partial charge in [-0.15, -0.1) is 0 Å². The monoisotopic (exact) mass is 402 g/mol. The molecule has 0 saturated carbocycles. The Morgan fingerprint density at radius 2 is 1.81 bits per heavy atom. The zero-order valence-electron chi connectivity index (χ0n) is 13.2. The molecule has 1 fully saturated rings. The Morgan fingerprint density at radius 1 is 1.12 bits per heavy atom. The van der Waals surface area contributed by atoms with Gasteiger partial charge in [0.15, 0.2) is 0 Å². The van der Waals surface area contributed by atoms with Gasteiger partial charge in [-0.2, -0.15) is 0 Å². The fraction of sp³-hybridized carbons (Fsp3) is 0.0556. The number of amides is 1. The highest BCUT2D eigenvalue weighted by Crippen LogP contribution is 2.51. The maximum absolute atomic E-state index is 12.9. The number of fused-ring (bicyclic) bond motifs is 1. The molecule has 0 radical (unpaired) electrons. The largest absolute Gasteiger partial charge is 0.284 e. The summed E-state index contributed by atoms with van der Waals surface area (Å²) in [5.41, 5.74) is 2.50. The van der Waals surface area contributed by atoms with Gasteiger partial charge in [-0.3, -0.25) is 19.8 Å². The van der Waals surface area contributed by atoms with Gasteiger partial charge in [0.2, 0.25) is 0 Å². The number of nitro groups is 1. The number of carbonyl (C=O) groups excluding carboxylic acids is 1. The highest BCUT2D eigenvalue weighted by Gasteiger charge is 2.42. The van der Waals surface area contributed by atoms with Gasteiger partial charge in [0.25, 0.3) is 11.6 Å². The average Bonchev–Trinajstić information content (AvgIpc) is 3.18. The first kappa shape index (κ1) is 17.2. The van der Waals surface area contributed by atoms with Crippen LogP contribution in [-0.2, 0) is 4.79 Å². The van der Waals surface area contributed by atoms with Gasteiger partial charge < -0.3 is 0 Å². The first-order valence-electron chi connectivity index (χ1n) is 7.61. The van der Waals surface area contributed by atoms with Crippen LogP contribution in [0.5, 0.6) is 0 Å². The lowest BCUT2D eigenvalue weighted by Gasteiger charge is -2.17. The topological polar surface area (TPSA) is 63.4 Å². The number of carbonyl (C=O) groups is 1. The summed E-state index contributed by atoms with van der Waals surface area (Å²) in [7, 11) is 0. The number of hydrogen-bond donors (Lipinski definition) is 0. The molecule has 0 bridgehead atoms. The number of benzene rings is 2. The Balaban J connectivity index is 1.60. The fourth-order valence-electron chi connectivity index (χ4n) is 2.68. The second-order valence-electron chi connectivity index (χ2n) is 5.60. The van der Waals surface area contributed by atoms with Crippen molar-refractivity contribution in [2.24, 2.45) is 0 Å². The zero-order valence-corrected chi connectivity index (χ0v) is 15.6. The summed E-state index contributed by atoms with van der Waals surface area (Å²) < 4.78 is -0.0498. The fourth-order valence-corrected chi connectivity index (χ4v) is 5.27. The number of nitrogens with zero attached hydrogens (tertiary/aromatic N) is 2. The van der Waals surface area contributed by atoms with Crippen molar-refractivity contribution >= 4 is 58.5 Å². The molecule has 0 spiro atoms. The molecule has 2 aromatic carbocycles. The van der Waals surface area contributed by atoms with Gasteiger partial charge in [-0.05, 0) is 46.9 Å². The number of halogens is 1. The predicted octanol–water partition coefficient (Wildman–Crippen LogP) is 5.19. The molecule has 5 nitrogen and oxygen atoms in total. The van der Waals surface area contributed by atoms with Crippen molar-refractivity contribution < 1.29 is 9.72 Å². The molecule has 0 aromatic heterocycles. The number of hydrogen-bond acceptors (Lipinski definition) is 5. The minimum absolute atomic E-state index is 0.0296. The van der Waals surface area contributed by atoms with E-state index in [-0.39, 0.29) is 16.3 Å². The molecule has 1 saturated heterocycles. The van der Waals surface area contributed by atoms with Crippen LogP contribution < -0.4 is 0 Å². The highest BCUT2D eigenvalue weighted by molar-refractivity contribution is 8.21. The first-order valence-corrected chi connectivity index (χ1v) is 9.81. The number of thioether (sulfide) groups is 2. The third-order valence-electron chi connectivity index (χ3n) is 3.97. The van der Waals surface area contributed by atoms with E-state index in [4.69, 9.17) is 11.6 Å². The SMILES string of the molecule is O=C1/C(=C\c2ccc(Cl)cc2)S[C@@H]2SC=C(c3ccc([N+](=O)[O-])cc3)N12. The van der Waals surface area contributed by atoms with E-state index >= 15 is 0 Å². The molecule has 0 aliphatic carbocycles. The maximum atomic E-state index is 12.9. The van der Waals surface area contributed by atoms with Gasteiger partial charge in [-0.1, -0.05) is 47.3 Å². The Kier molecular flexibility index (Phi) is 4.52. The molecule has 130 valence electrons. The molecule has 4 rings (SSSR count). The predicted molar refractivity (Wildman–Crippen MR) is 106 cm³/mol. The van der Waals surface area contributed by atoms with E-state index in [1.54, 1.807) is 40.9 Å². The van der Waals surface area contributed by atoms with Gasteiger partial charge in [0, 0.05) is 17.2 Å². The maximum Gasteiger partial charge on any atom is 0.269 e. The van der Waals surface area contributed by atoms with Crippen molar-refractivity contribution in [1.29, 1.82) is 0 Å². The van der Waals surface area contributed by atoms with Crippen LogP contribution in [-0.4, -0.2) is 20.4 Å². The summed E-state index contributed by atoms with van der Waals surface area (Å²) in [6.45, 7) is 0. The van der Waals surface area contributed by atoms with Crippen LogP contribution in [0.4, 0.5) is 5.69 Å². The van der Waals surface area contributed by atoms with E-state index in [2.05, 4.69) is 0 Å². The molecule has 0 unspecified atom stereocenters. The highest BCUT2D eigenvalue weighted by atomic mass is 35.5. The molecule has 2 aliphatic heterocycles. The van der Waals surface area contributed by atoms with E-state index in [0.717, 1.165) is 16.8 Å². The van der Waals surface area contributed by atoms with Crippen LogP contribution in [0, 0.1) is 10.1 Å². The van der Waals surface area contributed by atoms with Crippen molar-refractivity contribution in [3.05, 3.63) is 85.1 Å². The van der Waals surface area contributed by atoms with Crippen LogP contribution in [0.1, 0.15) is 11.1 Å². The molecule has 8 heteroatoms. The number of nitro benzene ring substituents is 1. The van der Waals surface area contributed by atoms with E-state index in [1.165, 1.54) is 23.9 Å². The van der Waals surface area contributed by atoms with E-state index < -0.39 is 4.92 Å². The molecule has 26 heavy (non-hydrogen) atoms. The summed E-state index contributed by atoms with van der Waals surface area (Å²) >= 11 is 8.96. The van der Waals surface area contributed by atoms with Crippen molar-refractivity contribution in [1.82, 2.24) is 4.90 Å². The lowest BCUT2D eigenvalue weighted by atomic mass is 10.1. The smallest absolute Gasteiger partial charge is 0.269 e. The summed E-state index contributed by atoms with van der Waals surface area (Å²) in [6.07, 6.45) is 1.86. The molecule has 0 N–H and O–H groups in total. The quantitative estimate of drug-likeness (QED) is 0.401. The Labute approximate surface area is 162 Å². The normalized spacial score (nSPS) is 20.4. The van der Waals surface area contributed by atoms with Crippen molar-refractivity contribution in [3.63, 3.8) is 0 Å². The van der Waals surface area contributed by atoms with Crippen molar-refractivity contribution in [2.45, 2.75) is 4.71 Å². The second-order valence-corrected chi connectivity index (χ2v) is 8.41. The minimum atomic E-state index is -0.436. The van der Waals surface area contributed by atoms with E-state index in [9.17, 15) is 14.9 Å². The van der Waals surface area contributed by atoms with E-state index in [0.29, 0.717) is 9.93 Å². The zero-order chi connectivity index (χ0) is 18.3. The minimum Gasteiger partial charge on any atom is -0.284 e. The molecule has 2 aliphatic rings. The van der Waals surface area contributed by atoms with Gasteiger partial charge >= 0.3 is 0 Å². The van der Waals surface area contributed by atoms with Gasteiger partial charge in [-0.25, -0.2) is 0 Å². The van der Waals surface area contributed by atoms with Gasteiger partial charge in [0.05, 0.1) is 15.5 Å². The Bertz CT molecular complexity index is 955. The molecular formula is C18H11ClN2O3S2. The van der Waals surface area contributed by atoms with Crippen LogP contribution in [0.2, 0.25) is 5.02 Å². The van der Waals surface area contributed by atoms with Crippen LogP contribution in [0.3, 0.4) is 0 Å². The molecule has 2 heterocycles. The number of rotatable bonds is 3. The average molecular weight is 403 g/mol. The molecule has 1 amide bonds. The van der Waals surface area contributed by atoms with Crippen LogP contribution >= 0.6 is 35.1 Å². The molecular weight excluding hydrogens is 392 g/mol. The van der Waals surface area contributed by atoms with Gasteiger partial charge in [0.1, 0.15) is 4.71 Å². The van der Waals surface area contributed by atoms with Crippen molar-refractivity contribution in [3.8, 4) is 0 Å². The summed E-state index contributed by atoms with van der Waals surface area (Å²) in [5, 5.41) is 13.4. The van der Waals surface area contributed by atoms with Crippen molar-refractivity contribution in [2.75, 3.05) is 0 Å². The molecule has 2 aromatic rings. The lowest BCUT2D eigenvalue weighted by Crippen LogP contribution is -2.25. The summed E-state index contributed by atoms with van der Waals surface area (Å²) in [5.74, 6) is -0.0652. The Hall–Kier alpha value is -2.22.